The molecule has 0 aliphatic rings. The van der Waals surface area contributed by atoms with Crippen molar-refractivity contribution in [3.63, 3.8) is 0 Å². The minimum Gasteiger partial charge on any atom is -0.449 e. The summed E-state index contributed by atoms with van der Waals surface area (Å²) in [6.07, 6.45) is -0.923. The van der Waals surface area contributed by atoms with E-state index in [1.54, 1.807) is 25.1 Å². The van der Waals surface area contributed by atoms with Crippen LogP contribution in [-0.2, 0) is 16.1 Å². The van der Waals surface area contributed by atoms with Crippen LogP contribution in [0.1, 0.15) is 45.9 Å². The number of Topliss-reactive ketones (excluding diaryl/α,β-unsaturated/α-hetero) is 1. The van der Waals surface area contributed by atoms with E-state index in [-0.39, 0.29) is 18.2 Å². The van der Waals surface area contributed by atoms with E-state index in [0.29, 0.717) is 23.3 Å². The van der Waals surface area contributed by atoms with Crippen molar-refractivity contribution < 1.29 is 23.5 Å². The molecular weight excluding hydrogens is 344 g/mol. The molecule has 3 rings (SSSR count). The lowest BCUT2D eigenvalue weighted by atomic mass is 10.1. The molecular formula is C22H22O5. The minimum atomic E-state index is -0.923. The van der Waals surface area contributed by atoms with Gasteiger partial charge in [-0.05, 0) is 26.8 Å². The highest BCUT2D eigenvalue weighted by atomic mass is 16.6. The van der Waals surface area contributed by atoms with Gasteiger partial charge in [0.05, 0.1) is 6.61 Å². The van der Waals surface area contributed by atoms with Gasteiger partial charge in [-0.3, -0.25) is 4.79 Å². The summed E-state index contributed by atoms with van der Waals surface area (Å²) in [6.45, 7) is 6.13. The SMILES string of the molecule is CCOCc1c(C(=O)O[C@H](C)C(=O)c2ccc(C)cc2)oc2ccccc12. The number of hydrogen-bond acceptors (Lipinski definition) is 5. The predicted octanol–water partition coefficient (Wildman–Crippen LogP) is 4.71. The van der Waals surface area contributed by atoms with Crippen molar-refractivity contribution in [1.82, 2.24) is 0 Å². The molecule has 0 saturated heterocycles. The second kappa shape index (κ2) is 8.18. The number of rotatable bonds is 7. The number of carbonyl (C=O) groups excluding carboxylic acids is 2. The molecule has 0 aliphatic heterocycles. The second-order valence-electron chi connectivity index (χ2n) is 6.32. The number of ether oxygens (including phenoxy) is 2. The number of furan rings is 1. The van der Waals surface area contributed by atoms with E-state index < -0.39 is 12.1 Å². The zero-order valence-electron chi connectivity index (χ0n) is 15.7. The van der Waals surface area contributed by atoms with Crippen molar-refractivity contribution in [2.24, 2.45) is 0 Å². The van der Waals surface area contributed by atoms with Crippen LogP contribution < -0.4 is 0 Å². The molecule has 3 aromatic rings. The monoisotopic (exact) mass is 366 g/mol. The van der Waals surface area contributed by atoms with Crippen molar-refractivity contribution in [2.75, 3.05) is 6.61 Å². The molecule has 0 bridgehead atoms. The van der Waals surface area contributed by atoms with E-state index >= 15 is 0 Å². The lowest BCUT2D eigenvalue weighted by Gasteiger charge is -2.12. The first-order valence-electron chi connectivity index (χ1n) is 8.91. The maximum Gasteiger partial charge on any atom is 0.375 e. The largest absolute Gasteiger partial charge is 0.449 e. The van der Waals surface area contributed by atoms with Gasteiger partial charge >= 0.3 is 5.97 Å². The third-order valence-corrected chi connectivity index (χ3v) is 4.32. The fraction of sp³-hybridized carbons (Fsp3) is 0.273. The Morgan fingerprint density at radius 3 is 2.48 bits per heavy atom. The quantitative estimate of drug-likeness (QED) is 0.448. The average Bonchev–Trinajstić information content (AvgIpc) is 3.05. The van der Waals surface area contributed by atoms with E-state index in [2.05, 4.69) is 0 Å². The van der Waals surface area contributed by atoms with Gasteiger partial charge in [-0.15, -0.1) is 0 Å². The van der Waals surface area contributed by atoms with Crippen LogP contribution >= 0.6 is 0 Å². The van der Waals surface area contributed by atoms with Crippen molar-refractivity contribution in [2.45, 2.75) is 33.5 Å². The summed E-state index contributed by atoms with van der Waals surface area (Å²) in [5.74, 6) is -0.854. The van der Waals surface area contributed by atoms with E-state index in [1.165, 1.54) is 0 Å². The molecule has 0 fully saturated rings. The Hall–Kier alpha value is -2.92. The van der Waals surface area contributed by atoms with Crippen molar-refractivity contribution >= 4 is 22.7 Å². The topological polar surface area (TPSA) is 65.7 Å². The number of fused-ring (bicyclic) bond motifs is 1. The highest BCUT2D eigenvalue weighted by Gasteiger charge is 2.26. The molecule has 1 heterocycles. The molecule has 140 valence electrons. The molecule has 0 unspecified atom stereocenters. The maximum atomic E-state index is 12.7. The van der Waals surface area contributed by atoms with Crippen molar-refractivity contribution in [1.29, 1.82) is 0 Å². The Balaban J connectivity index is 1.82. The van der Waals surface area contributed by atoms with Gasteiger partial charge in [-0.1, -0.05) is 48.0 Å². The number of aryl methyl sites for hydroxylation is 1. The Morgan fingerprint density at radius 2 is 1.78 bits per heavy atom. The third-order valence-electron chi connectivity index (χ3n) is 4.32. The number of para-hydroxylation sites is 1. The molecule has 0 amide bonds. The van der Waals surface area contributed by atoms with Gasteiger partial charge in [0.1, 0.15) is 5.58 Å². The molecule has 0 saturated carbocycles. The molecule has 0 N–H and O–H groups in total. The molecule has 2 aromatic carbocycles. The molecule has 0 aliphatic carbocycles. The third kappa shape index (κ3) is 4.09. The fourth-order valence-corrected chi connectivity index (χ4v) is 2.83. The number of hydrogen-bond donors (Lipinski definition) is 0. The molecule has 0 spiro atoms. The molecule has 1 atom stereocenters. The first-order chi connectivity index (χ1) is 13.0. The van der Waals surface area contributed by atoms with Gasteiger partial charge in [0.15, 0.2) is 6.10 Å². The van der Waals surface area contributed by atoms with Gasteiger partial charge in [0.25, 0.3) is 0 Å². The number of benzene rings is 2. The first kappa shape index (κ1) is 18.9. The van der Waals surface area contributed by atoms with E-state index in [0.717, 1.165) is 10.9 Å². The predicted molar refractivity (Wildman–Crippen MR) is 102 cm³/mol. The highest BCUT2D eigenvalue weighted by molar-refractivity contribution is 6.02. The normalized spacial score (nSPS) is 12.1. The van der Waals surface area contributed by atoms with Crippen LogP contribution in [0.15, 0.2) is 52.9 Å². The summed E-state index contributed by atoms with van der Waals surface area (Å²) >= 11 is 0. The van der Waals surface area contributed by atoms with Gasteiger partial charge in [0, 0.05) is 23.1 Å². The summed E-state index contributed by atoms with van der Waals surface area (Å²) in [6, 6.07) is 14.5. The van der Waals surface area contributed by atoms with Gasteiger partial charge in [0.2, 0.25) is 11.5 Å². The average molecular weight is 366 g/mol. The zero-order chi connectivity index (χ0) is 19.4. The summed E-state index contributed by atoms with van der Waals surface area (Å²) < 4.78 is 16.6. The van der Waals surface area contributed by atoms with Crippen LogP contribution in [0.25, 0.3) is 11.0 Å². The molecule has 5 nitrogen and oxygen atoms in total. The molecule has 0 radical (unpaired) electrons. The van der Waals surface area contributed by atoms with Gasteiger partial charge < -0.3 is 13.9 Å². The van der Waals surface area contributed by atoms with Crippen LogP contribution in [-0.4, -0.2) is 24.5 Å². The van der Waals surface area contributed by atoms with Crippen molar-refractivity contribution in [3.05, 3.63) is 71.0 Å². The van der Waals surface area contributed by atoms with E-state index in [1.807, 2.05) is 44.2 Å². The fourth-order valence-electron chi connectivity index (χ4n) is 2.83. The van der Waals surface area contributed by atoms with Gasteiger partial charge in [-0.25, -0.2) is 4.79 Å². The van der Waals surface area contributed by atoms with Crippen LogP contribution in [0.3, 0.4) is 0 Å². The van der Waals surface area contributed by atoms with Gasteiger partial charge in [-0.2, -0.15) is 0 Å². The number of esters is 1. The molecule has 27 heavy (non-hydrogen) atoms. The maximum absolute atomic E-state index is 12.7. The molecule has 1 aromatic heterocycles. The minimum absolute atomic E-state index is 0.0770. The first-order valence-corrected chi connectivity index (χ1v) is 8.91. The van der Waals surface area contributed by atoms with Crippen LogP contribution in [0.5, 0.6) is 0 Å². The number of carbonyl (C=O) groups is 2. The van der Waals surface area contributed by atoms with E-state index in [9.17, 15) is 9.59 Å². The highest BCUT2D eigenvalue weighted by Crippen LogP contribution is 2.27. The number of ketones is 1. The lowest BCUT2D eigenvalue weighted by molar-refractivity contribution is 0.0285. The van der Waals surface area contributed by atoms with Crippen LogP contribution in [0, 0.1) is 6.92 Å². The molecule has 5 heteroatoms. The Morgan fingerprint density at radius 1 is 1.07 bits per heavy atom. The summed E-state index contributed by atoms with van der Waals surface area (Å²) in [5.41, 5.74) is 2.77. The van der Waals surface area contributed by atoms with E-state index in [4.69, 9.17) is 13.9 Å². The summed E-state index contributed by atoms with van der Waals surface area (Å²) in [7, 11) is 0. The zero-order valence-corrected chi connectivity index (χ0v) is 15.7. The second-order valence-corrected chi connectivity index (χ2v) is 6.32. The van der Waals surface area contributed by atoms with Crippen LogP contribution in [0.2, 0.25) is 0 Å². The lowest BCUT2D eigenvalue weighted by Crippen LogP contribution is -2.24. The Bertz CT molecular complexity index is 952. The van der Waals surface area contributed by atoms with Crippen LogP contribution in [0.4, 0.5) is 0 Å². The van der Waals surface area contributed by atoms with Crippen molar-refractivity contribution in [3.8, 4) is 0 Å². The standard InChI is InChI=1S/C22H22O5/c1-4-25-13-18-17-7-5-6-8-19(17)27-21(18)22(24)26-15(3)20(23)16-11-9-14(2)10-12-16/h5-12,15H,4,13H2,1-3H3/t15-/m1/s1. The smallest absolute Gasteiger partial charge is 0.375 e. The Kier molecular flexibility index (Phi) is 5.72. The summed E-state index contributed by atoms with van der Waals surface area (Å²) in [5, 5.41) is 0.801. The Labute approximate surface area is 157 Å². The summed E-state index contributed by atoms with van der Waals surface area (Å²) in [4.78, 5) is 25.2.